The van der Waals surface area contributed by atoms with E-state index in [0.717, 1.165) is 16.6 Å². The molecule has 1 heterocycles. The Kier molecular flexibility index (Phi) is 2.16. The van der Waals surface area contributed by atoms with Gasteiger partial charge in [0.2, 0.25) is 0 Å². The monoisotopic (exact) mass is 213 g/mol. The molecule has 0 aliphatic carbocycles. The molecule has 0 fully saturated rings. The van der Waals surface area contributed by atoms with Gasteiger partial charge in [0, 0.05) is 22.2 Å². The van der Waals surface area contributed by atoms with Gasteiger partial charge in [-0.1, -0.05) is 20.8 Å². The lowest BCUT2D eigenvalue weighted by molar-refractivity contribution is 0.574. The van der Waals surface area contributed by atoms with E-state index >= 15 is 0 Å². The summed E-state index contributed by atoms with van der Waals surface area (Å²) >= 11 is 0. The van der Waals surface area contributed by atoms with E-state index in [1.54, 1.807) is 6.07 Å². The molecule has 0 aliphatic rings. The maximum atomic E-state index is 9.05. The molecular weight excluding hydrogens is 198 g/mol. The molecule has 0 radical (unpaired) electrons. The molecule has 3 nitrogen and oxygen atoms in total. The molecule has 0 saturated heterocycles. The zero-order valence-electron chi connectivity index (χ0n) is 9.76. The highest BCUT2D eigenvalue weighted by Gasteiger charge is 2.17. The zero-order valence-corrected chi connectivity index (χ0v) is 9.76. The Morgan fingerprint density at radius 1 is 1.25 bits per heavy atom. The normalized spacial score (nSPS) is 11.6. The van der Waals surface area contributed by atoms with Crippen molar-refractivity contribution in [2.45, 2.75) is 26.2 Å². The highest BCUT2D eigenvalue weighted by Crippen LogP contribution is 2.28. The first kappa shape index (κ1) is 10.6. The van der Waals surface area contributed by atoms with Crippen LogP contribution in [-0.2, 0) is 5.41 Å². The largest absolute Gasteiger partial charge is 0.399 e. The van der Waals surface area contributed by atoms with Gasteiger partial charge in [-0.25, -0.2) is 0 Å². The van der Waals surface area contributed by atoms with Crippen LogP contribution in [0.25, 0.3) is 10.9 Å². The Morgan fingerprint density at radius 2 is 1.94 bits per heavy atom. The summed E-state index contributed by atoms with van der Waals surface area (Å²) in [5.74, 6) is 0. The number of nitrogen functional groups attached to an aromatic ring is 1. The predicted molar refractivity (Wildman–Crippen MR) is 66.1 cm³/mol. The summed E-state index contributed by atoms with van der Waals surface area (Å²) < 4.78 is 0. The lowest BCUT2D eigenvalue weighted by Gasteiger charge is -2.15. The molecule has 0 spiro atoms. The number of hydrogen-bond acceptors (Lipinski definition) is 2. The summed E-state index contributed by atoms with van der Waals surface area (Å²) in [6.07, 6.45) is 0. The van der Waals surface area contributed by atoms with Crippen molar-refractivity contribution in [1.82, 2.24) is 4.98 Å². The topological polar surface area (TPSA) is 65.6 Å². The molecule has 3 heteroatoms. The SMILES string of the molecule is CC(C)(C)c1cc2cc(N)cc(C#N)c2[nH]1. The van der Waals surface area contributed by atoms with Gasteiger partial charge >= 0.3 is 0 Å². The lowest BCUT2D eigenvalue weighted by Crippen LogP contribution is -2.11. The third-order valence-electron chi connectivity index (χ3n) is 2.68. The van der Waals surface area contributed by atoms with Crippen molar-refractivity contribution in [3.63, 3.8) is 0 Å². The highest BCUT2D eigenvalue weighted by molar-refractivity contribution is 5.89. The van der Waals surface area contributed by atoms with Crippen molar-refractivity contribution >= 4 is 16.6 Å². The summed E-state index contributed by atoms with van der Waals surface area (Å²) in [5.41, 5.74) is 9.02. The van der Waals surface area contributed by atoms with Crippen LogP contribution in [0.3, 0.4) is 0 Å². The molecule has 0 amide bonds. The second-order valence-corrected chi connectivity index (χ2v) is 5.08. The molecule has 0 saturated carbocycles. The van der Waals surface area contributed by atoms with Crippen molar-refractivity contribution < 1.29 is 0 Å². The van der Waals surface area contributed by atoms with Crippen LogP contribution in [0.5, 0.6) is 0 Å². The number of nitrogens with zero attached hydrogens (tertiary/aromatic N) is 1. The number of aromatic nitrogens is 1. The van der Waals surface area contributed by atoms with Gasteiger partial charge in [-0.15, -0.1) is 0 Å². The average Bonchev–Trinajstić information content (AvgIpc) is 2.59. The standard InChI is InChI=1S/C13H15N3/c1-13(2,3)11-6-8-4-10(15)5-9(7-14)12(8)16-11/h4-6,16H,15H2,1-3H3. The van der Waals surface area contributed by atoms with Gasteiger partial charge < -0.3 is 10.7 Å². The molecule has 3 N–H and O–H groups in total. The summed E-state index contributed by atoms with van der Waals surface area (Å²) in [6, 6.07) is 7.82. The van der Waals surface area contributed by atoms with Crippen molar-refractivity contribution in [3.8, 4) is 6.07 Å². The molecule has 0 bridgehead atoms. The van der Waals surface area contributed by atoms with Gasteiger partial charge in [0.1, 0.15) is 6.07 Å². The van der Waals surface area contributed by atoms with E-state index in [-0.39, 0.29) is 5.41 Å². The third kappa shape index (κ3) is 1.63. The van der Waals surface area contributed by atoms with E-state index in [1.807, 2.05) is 6.07 Å². The quantitative estimate of drug-likeness (QED) is 0.661. The number of rotatable bonds is 0. The first-order chi connectivity index (χ1) is 7.41. The van der Waals surface area contributed by atoms with Crippen LogP contribution in [0.1, 0.15) is 32.0 Å². The van der Waals surface area contributed by atoms with Crippen LogP contribution in [0, 0.1) is 11.3 Å². The Morgan fingerprint density at radius 3 is 2.50 bits per heavy atom. The van der Waals surface area contributed by atoms with E-state index in [0.29, 0.717) is 11.3 Å². The first-order valence-corrected chi connectivity index (χ1v) is 5.24. The second-order valence-electron chi connectivity index (χ2n) is 5.08. The number of fused-ring (bicyclic) bond motifs is 1. The predicted octanol–water partition coefficient (Wildman–Crippen LogP) is 2.92. The van der Waals surface area contributed by atoms with Gasteiger partial charge in [-0.2, -0.15) is 5.26 Å². The van der Waals surface area contributed by atoms with Crippen LogP contribution < -0.4 is 5.73 Å². The number of nitriles is 1. The van der Waals surface area contributed by atoms with E-state index in [4.69, 9.17) is 11.0 Å². The molecule has 16 heavy (non-hydrogen) atoms. The minimum atomic E-state index is 0.0422. The molecule has 1 aromatic carbocycles. The Bertz CT molecular complexity index is 579. The molecule has 2 aromatic rings. The van der Waals surface area contributed by atoms with Gasteiger partial charge in [0.15, 0.2) is 0 Å². The molecule has 82 valence electrons. The smallest absolute Gasteiger partial charge is 0.101 e. The van der Waals surface area contributed by atoms with E-state index in [9.17, 15) is 0 Å². The Hall–Kier alpha value is -1.95. The van der Waals surface area contributed by atoms with E-state index in [1.165, 1.54) is 0 Å². The minimum absolute atomic E-state index is 0.0422. The Balaban J connectivity index is 2.76. The summed E-state index contributed by atoms with van der Waals surface area (Å²) in [4.78, 5) is 3.30. The summed E-state index contributed by atoms with van der Waals surface area (Å²) in [6.45, 7) is 6.40. The van der Waals surface area contributed by atoms with Crippen molar-refractivity contribution in [2.24, 2.45) is 0 Å². The lowest BCUT2D eigenvalue weighted by atomic mass is 9.92. The second kappa shape index (κ2) is 3.28. The molecule has 0 aliphatic heterocycles. The maximum Gasteiger partial charge on any atom is 0.101 e. The van der Waals surface area contributed by atoms with Crippen LogP contribution in [-0.4, -0.2) is 4.98 Å². The van der Waals surface area contributed by atoms with Crippen LogP contribution in [0.2, 0.25) is 0 Å². The molecule has 1 aromatic heterocycles. The van der Waals surface area contributed by atoms with E-state index < -0.39 is 0 Å². The number of nitrogens with one attached hydrogen (secondary N) is 1. The number of aromatic amines is 1. The molecular formula is C13H15N3. The highest BCUT2D eigenvalue weighted by atomic mass is 14.7. The Labute approximate surface area is 94.9 Å². The number of anilines is 1. The number of H-pyrrole nitrogens is 1. The van der Waals surface area contributed by atoms with Crippen molar-refractivity contribution in [2.75, 3.05) is 5.73 Å². The van der Waals surface area contributed by atoms with Crippen molar-refractivity contribution in [1.29, 1.82) is 5.26 Å². The third-order valence-corrected chi connectivity index (χ3v) is 2.68. The van der Waals surface area contributed by atoms with Crippen LogP contribution in [0.15, 0.2) is 18.2 Å². The number of hydrogen-bond donors (Lipinski definition) is 2. The summed E-state index contributed by atoms with van der Waals surface area (Å²) in [5, 5.41) is 10.0. The van der Waals surface area contributed by atoms with Gasteiger partial charge in [-0.05, 0) is 18.2 Å². The molecule has 2 rings (SSSR count). The maximum absolute atomic E-state index is 9.05. The zero-order chi connectivity index (χ0) is 11.9. The molecule has 0 unspecified atom stereocenters. The van der Waals surface area contributed by atoms with Crippen LogP contribution in [0.4, 0.5) is 5.69 Å². The fourth-order valence-electron chi connectivity index (χ4n) is 1.76. The van der Waals surface area contributed by atoms with Gasteiger partial charge in [0.05, 0.1) is 11.1 Å². The fraction of sp³-hybridized carbons (Fsp3) is 0.308. The van der Waals surface area contributed by atoms with Crippen LogP contribution >= 0.6 is 0 Å². The van der Waals surface area contributed by atoms with Crippen molar-refractivity contribution in [3.05, 3.63) is 29.5 Å². The molecule has 0 atom stereocenters. The van der Waals surface area contributed by atoms with Gasteiger partial charge in [-0.3, -0.25) is 0 Å². The minimum Gasteiger partial charge on any atom is -0.399 e. The first-order valence-electron chi connectivity index (χ1n) is 5.24. The number of nitrogens with two attached hydrogens (primary N) is 1. The average molecular weight is 213 g/mol. The summed E-state index contributed by atoms with van der Waals surface area (Å²) in [7, 11) is 0. The van der Waals surface area contributed by atoms with Gasteiger partial charge in [0.25, 0.3) is 0 Å². The fourth-order valence-corrected chi connectivity index (χ4v) is 1.76. The van der Waals surface area contributed by atoms with E-state index in [2.05, 4.69) is 37.9 Å². The number of benzene rings is 1.